The fraction of sp³-hybridized carbons (Fsp3) is 0. The van der Waals surface area contributed by atoms with Crippen molar-refractivity contribution in [1.82, 2.24) is 0 Å². The molecule has 4 rings (SSSR count). The van der Waals surface area contributed by atoms with Gasteiger partial charge in [0.05, 0.1) is 5.56 Å². The Kier molecular flexibility index (Phi) is 3.79. The Balaban J connectivity index is 2.11. The molecular weight excluding hydrogens is 308 g/mol. The summed E-state index contributed by atoms with van der Waals surface area (Å²) in [5.41, 5.74) is 3.95. The third-order valence-electron chi connectivity index (χ3n) is 4.44. The molecule has 0 atom stereocenters. The smallest absolute Gasteiger partial charge is 0.336 e. The van der Waals surface area contributed by atoms with E-state index in [1.54, 1.807) is 12.1 Å². The second kappa shape index (κ2) is 6.25. The SMILES string of the molecule is O=C(O)c1cccc(-c2ccccc2)c1-c1cccc2ccccc12. The number of carboxylic acids is 1. The summed E-state index contributed by atoms with van der Waals surface area (Å²) in [7, 11) is 0. The summed E-state index contributed by atoms with van der Waals surface area (Å²) in [6, 6.07) is 29.5. The van der Waals surface area contributed by atoms with Crippen LogP contribution < -0.4 is 0 Å². The molecule has 0 unspecified atom stereocenters. The molecule has 25 heavy (non-hydrogen) atoms. The van der Waals surface area contributed by atoms with Crippen LogP contribution in [0.5, 0.6) is 0 Å². The van der Waals surface area contributed by atoms with E-state index in [0.29, 0.717) is 5.56 Å². The highest BCUT2D eigenvalue weighted by atomic mass is 16.4. The molecule has 0 spiro atoms. The molecule has 4 aromatic rings. The summed E-state index contributed by atoms with van der Waals surface area (Å²) in [4.78, 5) is 11.9. The Morgan fingerprint density at radius 3 is 2.08 bits per heavy atom. The first-order valence-electron chi connectivity index (χ1n) is 8.15. The maximum atomic E-state index is 11.9. The third kappa shape index (κ3) is 2.68. The van der Waals surface area contributed by atoms with Gasteiger partial charge < -0.3 is 5.11 Å². The van der Waals surface area contributed by atoms with Crippen LogP contribution in [0.4, 0.5) is 0 Å². The molecule has 0 aliphatic carbocycles. The Morgan fingerprint density at radius 1 is 0.640 bits per heavy atom. The third-order valence-corrected chi connectivity index (χ3v) is 4.44. The molecule has 1 N–H and O–H groups in total. The summed E-state index contributed by atoms with van der Waals surface area (Å²) >= 11 is 0. The number of hydrogen-bond donors (Lipinski definition) is 1. The zero-order valence-electron chi connectivity index (χ0n) is 13.5. The van der Waals surface area contributed by atoms with E-state index in [1.165, 1.54) is 0 Å². The fourth-order valence-electron chi connectivity index (χ4n) is 3.32. The van der Waals surface area contributed by atoms with Crippen molar-refractivity contribution in [3.05, 3.63) is 96.6 Å². The fourth-order valence-corrected chi connectivity index (χ4v) is 3.32. The summed E-state index contributed by atoms with van der Waals surface area (Å²) in [5, 5.41) is 11.9. The molecule has 120 valence electrons. The second-order valence-electron chi connectivity index (χ2n) is 5.93. The minimum Gasteiger partial charge on any atom is -0.478 e. The van der Waals surface area contributed by atoms with Crippen molar-refractivity contribution < 1.29 is 9.90 Å². The summed E-state index contributed by atoms with van der Waals surface area (Å²) < 4.78 is 0. The Hall–Kier alpha value is -3.39. The molecule has 0 saturated carbocycles. The Morgan fingerprint density at radius 2 is 1.28 bits per heavy atom. The highest BCUT2D eigenvalue weighted by Crippen LogP contribution is 2.38. The van der Waals surface area contributed by atoms with E-state index in [1.807, 2.05) is 78.9 Å². The molecule has 0 heterocycles. The van der Waals surface area contributed by atoms with Crippen LogP contribution in [-0.4, -0.2) is 11.1 Å². The molecule has 0 aliphatic heterocycles. The normalized spacial score (nSPS) is 10.7. The number of carbonyl (C=O) groups is 1. The van der Waals surface area contributed by atoms with Crippen molar-refractivity contribution in [3.8, 4) is 22.3 Å². The number of rotatable bonds is 3. The van der Waals surface area contributed by atoms with Crippen LogP contribution in [0, 0.1) is 0 Å². The molecule has 0 fully saturated rings. The number of carboxylic acid groups (broad SMARTS) is 1. The van der Waals surface area contributed by atoms with Crippen molar-refractivity contribution in [2.75, 3.05) is 0 Å². The van der Waals surface area contributed by atoms with Crippen LogP contribution in [0.3, 0.4) is 0 Å². The quantitative estimate of drug-likeness (QED) is 0.511. The summed E-state index contributed by atoms with van der Waals surface area (Å²) in [5.74, 6) is -0.916. The van der Waals surface area contributed by atoms with Gasteiger partial charge in [-0.1, -0.05) is 84.9 Å². The van der Waals surface area contributed by atoms with Crippen LogP contribution in [-0.2, 0) is 0 Å². The molecule has 0 saturated heterocycles. The van der Waals surface area contributed by atoms with Gasteiger partial charge in [0.1, 0.15) is 0 Å². The molecule has 0 bridgehead atoms. The molecule has 0 aliphatic rings. The standard InChI is InChI=1S/C23H16O2/c24-23(25)21-15-7-13-19(17-8-2-1-3-9-17)22(21)20-14-6-11-16-10-4-5-12-18(16)20/h1-15H,(H,24,25). The van der Waals surface area contributed by atoms with E-state index in [-0.39, 0.29) is 0 Å². The van der Waals surface area contributed by atoms with Crippen molar-refractivity contribution in [2.45, 2.75) is 0 Å². The van der Waals surface area contributed by atoms with Crippen LogP contribution in [0.2, 0.25) is 0 Å². The van der Waals surface area contributed by atoms with Gasteiger partial charge in [-0.3, -0.25) is 0 Å². The van der Waals surface area contributed by atoms with E-state index in [9.17, 15) is 9.90 Å². The van der Waals surface area contributed by atoms with Crippen LogP contribution >= 0.6 is 0 Å². The maximum absolute atomic E-state index is 11.9. The average molecular weight is 324 g/mol. The van der Waals surface area contributed by atoms with Gasteiger partial charge in [-0.2, -0.15) is 0 Å². The van der Waals surface area contributed by atoms with Gasteiger partial charge in [-0.05, 0) is 33.5 Å². The van der Waals surface area contributed by atoms with Crippen molar-refractivity contribution in [1.29, 1.82) is 0 Å². The lowest BCUT2D eigenvalue weighted by Crippen LogP contribution is -2.01. The topological polar surface area (TPSA) is 37.3 Å². The predicted octanol–water partition coefficient (Wildman–Crippen LogP) is 5.87. The Bertz CT molecular complexity index is 1060. The highest BCUT2D eigenvalue weighted by Gasteiger charge is 2.18. The zero-order chi connectivity index (χ0) is 17.2. The van der Waals surface area contributed by atoms with E-state index in [4.69, 9.17) is 0 Å². The second-order valence-corrected chi connectivity index (χ2v) is 5.93. The monoisotopic (exact) mass is 324 g/mol. The van der Waals surface area contributed by atoms with Crippen molar-refractivity contribution in [2.24, 2.45) is 0 Å². The summed E-state index contributed by atoms with van der Waals surface area (Å²) in [6.07, 6.45) is 0. The van der Waals surface area contributed by atoms with Crippen LogP contribution in [0.25, 0.3) is 33.0 Å². The van der Waals surface area contributed by atoms with E-state index >= 15 is 0 Å². The van der Waals surface area contributed by atoms with E-state index < -0.39 is 5.97 Å². The minimum atomic E-state index is -0.916. The van der Waals surface area contributed by atoms with Crippen molar-refractivity contribution in [3.63, 3.8) is 0 Å². The number of fused-ring (bicyclic) bond motifs is 1. The van der Waals surface area contributed by atoms with Gasteiger partial charge in [0, 0.05) is 5.56 Å². The predicted molar refractivity (Wildman–Crippen MR) is 102 cm³/mol. The molecule has 0 amide bonds. The number of aromatic carboxylic acids is 1. The first-order valence-corrected chi connectivity index (χ1v) is 8.15. The lowest BCUT2D eigenvalue weighted by Gasteiger charge is -2.15. The molecular formula is C23H16O2. The maximum Gasteiger partial charge on any atom is 0.336 e. The molecule has 2 heteroatoms. The molecule has 2 nitrogen and oxygen atoms in total. The van der Waals surface area contributed by atoms with Gasteiger partial charge in [0.15, 0.2) is 0 Å². The van der Waals surface area contributed by atoms with Crippen LogP contribution in [0.1, 0.15) is 10.4 Å². The van der Waals surface area contributed by atoms with Crippen LogP contribution in [0.15, 0.2) is 91.0 Å². The lowest BCUT2D eigenvalue weighted by atomic mass is 9.88. The first kappa shape index (κ1) is 15.2. The number of benzene rings is 4. The minimum absolute atomic E-state index is 0.317. The van der Waals surface area contributed by atoms with Gasteiger partial charge >= 0.3 is 5.97 Å². The van der Waals surface area contributed by atoms with E-state index in [2.05, 4.69) is 0 Å². The van der Waals surface area contributed by atoms with Gasteiger partial charge in [-0.25, -0.2) is 4.79 Å². The summed E-state index contributed by atoms with van der Waals surface area (Å²) in [6.45, 7) is 0. The van der Waals surface area contributed by atoms with E-state index in [0.717, 1.165) is 33.0 Å². The lowest BCUT2D eigenvalue weighted by molar-refractivity contribution is 0.0698. The van der Waals surface area contributed by atoms with Gasteiger partial charge in [0.25, 0.3) is 0 Å². The molecule has 0 aromatic heterocycles. The number of hydrogen-bond acceptors (Lipinski definition) is 1. The van der Waals surface area contributed by atoms with Gasteiger partial charge in [-0.15, -0.1) is 0 Å². The first-order chi connectivity index (χ1) is 12.3. The van der Waals surface area contributed by atoms with Gasteiger partial charge in [0.2, 0.25) is 0 Å². The molecule has 4 aromatic carbocycles. The zero-order valence-corrected chi connectivity index (χ0v) is 13.5. The largest absolute Gasteiger partial charge is 0.478 e. The Labute approximate surface area is 146 Å². The van der Waals surface area contributed by atoms with Crippen molar-refractivity contribution >= 4 is 16.7 Å². The molecule has 0 radical (unpaired) electrons. The average Bonchev–Trinajstić information content (AvgIpc) is 2.67. The highest BCUT2D eigenvalue weighted by molar-refractivity contribution is 6.07.